The molecule has 0 radical (unpaired) electrons. The third-order valence-electron chi connectivity index (χ3n) is 7.02. The molecule has 5 aliphatic rings. The summed E-state index contributed by atoms with van der Waals surface area (Å²) in [7, 11) is 0. The standard InChI is InChI=1S/C19H33N3O2/c1-14(22-2-4-24-5-3-22)12-20-18(23)21-13-19-9-15-6-16(10-19)8-17(7-15)11-19/h14-17H,2-13H2,1H3,(H2,20,21,23). The number of carbonyl (C=O) groups excluding carboxylic acids is 1. The summed E-state index contributed by atoms with van der Waals surface area (Å²) >= 11 is 0. The number of rotatable bonds is 5. The average Bonchev–Trinajstić information content (AvgIpc) is 2.57. The van der Waals surface area contributed by atoms with E-state index in [-0.39, 0.29) is 6.03 Å². The topological polar surface area (TPSA) is 53.6 Å². The van der Waals surface area contributed by atoms with Crippen LogP contribution in [-0.2, 0) is 4.74 Å². The summed E-state index contributed by atoms with van der Waals surface area (Å²) in [5.74, 6) is 2.84. The Bertz CT molecular complexity index is 426. The van der Waals surface area contributed by atoms with Gasteiger partial charge in [-0.25, -0.2) is 4.79 Å². The predicted molar refractivity (Wildman–Crippen MR) is 93.9 cm³/mol. The highest BCUT2D eigenvalue weighted by Crippen LogP contribution is 2.59. The fourth-order valence-corrected chi connectivity index (χ4v) is 6.22. The Hall–Kier alpha value is -0.810. The normalized spacial score (nSPS) is 39.6. The van der Waals surface area contributed by atoms with Crippen LogP contribution < -0.4 is 10.6 Å². The van der Waals surface area contributed by atoms with E-state index in [1.54, 1.807) is 0 Å². The first-order valence-corrected chi connectivity index (χ1v) is 9.95. The first-order chi connectivity index (χ1) is 11.6. The van der Waals surface area contributed by atoms with E-state index in [4.69, 9.17) is 4.74 Å². The molecule has 2 amide bonds. The fraction of sp³-hybridized carbons (Fsp3) is 0.947. The van der Waals surface area contributed by atoms with E-state index in [1.165, 1.54) is 38.5 Å². The third kappa shape index (κ3) is 3.57. The van der Waals surface area contributed by atoms with Crippen molar-refractivity contribution in [1.82, 2.24) is 15.5 Å². The number of carbonyl (C=O) groups is 1. The Kier molecular flexibility index (Phi) is 4.74. The molecule has 1 heterocycles. The van der Waals surface area contributed by atoms with Gasteiger partial charge < -0.3 is 15.4 Å². The summed E-state index contributed by atoms with van der Waals surface area (Å²) in [6.45, 7) is 7.34. The maximum atomic E-state index is 12.3. The van der Waals surface area contributed by atoms with Gasteiger partial charge >= 0.3 is 6.03 Å². The molecule has 0 aromatic carbocycles. The summed E-state index contributed by atoms with van der Waals surface area (Å²) in [5, 5.41) is 6.28. The predicted octanol–water partition coefficient (Wildman–Crippen LogP) is 2.22. The summed E-state index contributed by atoms with van der Waals surface area (Å²) in [6.07, 6.45) is 8.43. The number of nitrogens with zero attached hydrogens (tertiary/aromatic N) is 1. The molecule has 5 nitrogen and oxygen atoms in total. The highest BCUT2D eigenvalue weighted by atomic mass is 16.5. The van der Waals surface area contributed by atoms with Crippen molar-refractivity contribution in [2.24, 2.45) is 23.2 Å². The van der Waals surface area contributed by atoms with E-state index in [0.29, 0.717) is 18.0 Å². The molecular formula is C19H33N3O2. The van der Waals surface area contributed by atoms with Gasteiger partial charge in [-0.05, 0) is 68.6 Å². The van der Waals surface area contributed by atoms with Gasteiger partial charge in [0.05, 0.1) is 13.2 Å². The highest BCUT2D eigenvalue weighted by Gasteiger charge is 2.50. The van der Waals surface area contributed by atoms with Gasteiger partial charge in [-0.2, -0.15) is 0 Å². The molecule has 4 saturated carbocycles. The summed E-state index contributed by atoms with van der Waals surface area (Å²) in [5.41, 5.74) is 0.419. The second kappa shape index (κ2) is 6.83. The van der Waals surface area contributed by atoms with Gasteiger partial charge in [0.25, 0.3) is 0 Å². The Morgan fingerprint density at radius 3 is 2.25 bits per heavy atom. The molecular weight excluding hydrogens is 302 g/mol. The fourth-order valence-electron chi connectivity index (χ4n) is 6.22. The molecule has 1 unspecified atom stereocenters. The zero-order chi connectivity index (χ0) is 16.6. The molecule has 4 aliphatic carbocycles. The largest absolute Gasteiger partial charge is 0.379 e. The van der Waals surface area contributed by atoms with Crippen LogP contribution in [0.5, 0.6) is 0 Å². The second-order valence-electron chi connectivity index (χ2n) is 8.98. The molecule has 2 N–H and O–H groups in total. The third-order valence-corrected chi connectivity index (χ3v) is 7.02. The minimum Gasteiger partial charge on any atom is -0.379 e. The van der Waals surface area contributed by atoms with Crippen LogP contribution in [0.3, 0.4) is 0 Å². The van der Waals surface area contributed by atoms with Crippen LogP contribution in [-0.4, -0.2) is 56.4 Å². The lowest BCUT2D eigenvalue weighted by Gasteiger charge is -2.56. The molecule has 0 aromatic rings. The van der Waals surface area contributed by atoms with Crippen LogP contribution in [0.4, 0.5) is 4.79 Å². The number of morpholine rings is 1. The number of hydrogen-bond donors (Lipinski definition) is 2. The number of ether oxygens (including phenoxy) is 1. The first kappa shape index (κ1) is 16.6. The zero-order valence-corrected chi connectivity index (χ0v) is 15.1. The average molecular weight is 335 g/mol. The van der Waals surface area contributed by atoms with Gasteiger partial charge in [0.2, 0.25) is 0 Å². The van der Waals surface area contributed by atoms with E-state index in [1.807, 2.05) is 0 Å². The van der Waals surface area contributed by atoms with Crippen LogP contribution in [0.15, 0.2) is 0 Å². The Balaban J connectivity index is 1.21. The lowest BCUT2D eigenvalue weighted by atomic mass is 9.49. The Morgan fingerprint density at radius 1 is 1.08 bits per heavy atom. The van der Waals surface area contributed by atoms with Gasteiger partial charge in [-0.1, -0.05) is 0 Å². The van der Waals surface area contributed by atoms with Crippen molar-refractivity contribution in [3.05, 3.63) is 0 Å². The van der Waals surface area contributed by atoms with Gasteiger partial charge in [0.15, 0.2) is 0 Å². The maximum absolute atomic E-state index is 12.3. The molecule has 5 heteroatoms. The van der Waals surface area contributed by atoms with Crippen molar-refractivity contribution in [2.45, 2.75) is 51.5 Å². The molecule has 0 aromatic heterocycles. The lowest BCUT2D eigenvalue weighted by Crippen LogP contribution is -2.53. The van der Waals surface area contributed by atoms with Crippen LogP contribution in [0.25, 0.3) is 0 Å². The number of amides is 2. The Labute approximate surface area is 145 Å². The minimum atomic E-state index is 0.0193. The van der Waals surface area contributed by atoms with Crippen molar-refractivity contribution in [3.8, 4) is 0 Å². The molecule has 1 aliphatic heterocycles. The van der Waals surface area contributed by atoms with E-state index in [9.17, 15) is 4.79 Å². The number of hydrogen-bond acceptors (Lipinski definition) is 3. The van der Waals surface area contributed by atoms with Crippen molar-refractivity contribution in [3.63, 3.8) is 0 Å². The smallest absolute Gasteiger partial charge is 0.314 e. The van der Waals surface area contributed by atoms with Crippen molar-refractivity contribution >= 4 is 6.03 Å². The monoisotopic (exact) mass is 335 g/mol. The van der Waals surface area contributed by atoms with Gasteiger partial charge in [-0.3, -0.25) is 4.90 Å². The molecule has 4 bridgehead atoms. The minimum absolute atomic E-state index is 0.0193. The summed E-state index contributed by atoms with van der Waals surface area (Å²) < 4.78 is 5.39. The number of urea groups is 1. The quantitative estimate of drug-likeness (QED) is 0.810. The van der Waals surface area contributed by atoms with E-state index >= 15 is 0 Å². The van der Waals surface area contributed by atoms with E-state index < -0.39 is 0 Å². The molecule has 5 rings (SSSR count). The van der Waals surface area contributed by atoms with Gasteiger partial charge in [0.1, 0.15) is 0 Å². The van der Waals surface area contributed by atoms with Gasteiger partial charge in [0, 0.05) is 32.2 Å². The molecule has 24 heavy (non-hydrogen) atoms. The first-order valence-electron chi connectivity index (χ1n) is 9.95. The van der Waals surface area contributed by atoms with Crippen molar-refractivity contribution in [1.29, 1.82) is 0 Å². The van der Waals surface area contributed by atoms with Gasteiger partial charge in [-0.15, -0.1) is 0 Å². The van der Waals surface area contributed by atoms with E-state index in [2.05, 4.69) is 22.5 Å². The SMILES string of the molecule is CC(CNC(=O)NCC12CC3CC(CC(C3)C1)C2)N1CCOCC1. The highest BCUT2D eigenvalue weighted by molar-refractivity contribution is 5.73. The maximum Gasteiger partial charge on any atom is 0.314 e. The molecule has 0 spiro atoms. The van der Waals surface area contributed by atoms with Crippen LogP contribution in [0.1, 0.15) is 45.4 Å². The summed E-state index contributed by atoms with van der Waals surface area (Å²) in [4.78, 5) is 14.6. The second-order valence-corrected chi connectivity index (χ2v) is 8.98. The Morgan fingerprint density at radius 2 is 1.67 bits per heavy atom. The summed E-state index contributed by atoms with van der Waals surface area (Å²) in [6, 6.07) is 0.394. The molecule has 1 saturated heterocycles. The molecule has 1 atom stereocenters. The van der Waals surface area contributed by atoms with Crippen molar-refractivity contribution < 1.29 is 9.53 Å². The number of nitrogens with one attached hydrogen (secondary N) is 2. The molecule has 136 valence electrons. The van der Waals surface area contributed by atoms with Crippen LogP contribution in [0.2, 0.25) is 0 Å². The molecule has 5 fully saturated rings. The van der Waals surface area contributed by atoms with E-state index in [0.717, 1.165) is 50.6 Å². The van der Waals surface area contributed by atoms with Crippen molar-refractivity contribution in [2.75, 3.05) is 39.4 Å². The van der Waals surface area contributed by atoms with Crippen LogP contribution >= 0.6 is 0 Å². The van der Waals surface area contributed by atoms with Crippen LogP contribution in [0, 0.1) is 23.2 Å². The lowest BCUT2D eigenvalue weighted by molar-refractivity contribution is -0.0498. The zero-order valence-electron chi connectivity index (χ0n) is 15.1.